The molecule has 0 aliphatic rings. The number of carbonyl (C=O) groups is 2. The molecule has 0 radical (unpaired) electrons. The van der Waals surface area contributed by atoms with Crippen LogP contribution in [0.1, 0.15) is 21.6 Å². The van der Waals surface area contributed by atoms with E-state index in [1.54, 1.807) is 31.3 Å². The monoisotopic (exact) mass is 310 g/mol. The van der Waals surface area contributed by atoms with Crippen LogP contribution in [0.5, 0.6) is 5.75 Å². The first-order valence-corrected chi connectivity index (χ1v) is 6.98. The molecule has 3 aromatic rings. The van der Waals surface area contributed by atoms with Gasteiger partial charge in [0.2, 0.25) is 0 Å². The number of carbonyl (C=O) groups excluding carboxylic acids is 1. The third kappa shape index (κ3) is 2.55. The largest absolute Gasteiger partial charge is 0.508 e. The predicted octanol–water partition coefficient (Wildman–Crippen LogP) is 2.37. The molecule has 3 rings (SSSR count). The molecule has 0 bridgehead atoms. The van der Waals surface area contributed by atoms with E-state index in [9.17, 15) is 14.7 Å². The average Bonchev–Trinajstić information content (AvgIpc) is 2.79. The predicted molar refractivity (Wildman–Crippen MR) is 83.6 cm³/mol. The van der Waals surface area contributed by atoms with Crippen molar-refractivity contribution in [1.29, 1.82) is 0 Å². The first-order chi connectivity index (χ1) is 11.0. The van der Waals surface area contributed by atoms with Gasteiger partial charge in [0.05, 0.1) is 17.5 Å². The summed E-state index contributed by atoms with van der Waals surface area (Å²) < 4.78 is 1.46. The smallest absolute Gasteiger partial charge is 0.307 e. The van der Waals surface area contributed by atoms with Crippen LogP contribution >= 0.6 is 0 Å². The van der Waals surface area contributed by atoms with Gasteiger partial charge in [-0.15, -0.1) is 0 Å². The van der Waals surface area contributed by atoms with Crippen molar-refractivity contribution in [2.75, 3.05) is 0 Å². The quantitative estimate of drug-likeness (QED) is 0.774. The summed E-state index contributed by atoms with van der Waals surface area (Å²) in [5, 5.41) is 19.4. The molecular weight excluding hydrogens is 296 g/mol. The van der Waals surface area contributed by atoms with Crippen molar-refractivity contribution in [1.82, 2.24) is 9.55 Å². The zero-order valence-electron chi connectivity index (χ0n) is 12.4. The molecule has 116 valence electrons. The van der Waals surface area contributed by atoms with E-state index in [0.717, 1.165) is 0 Å². The van der Waals surface area contributed by atoms with E-state index in [-0.39, 0.29) is 18.1 Å². The third-order valence-electron chi connectivity index (χ3n) is 3.76. The van der Waals surface area contributed by atoms with Gasteiger partial charge >= 0.3 is 5.97 Å². The number of phenols is 1. The minimum Gasteiger partial charge on any atom is -0.508 e. The number of nitrogens with zero attached hydrogens (tertiary/aromatic N) is 2. The molecular formula is C17H14N2O4. The molecule has 2 N–H and O–H groups in total. The maximum Gasteiger partial charge on any atom is 0.307 e. The molecule has 1 aromatic carbocycles. The number of aromatic nitrogens is 2. The fraction of sp³-hybridized carbons (Fsp3) is 0.118. The van der Waals surface area contributed by atoms with E-state index in [4.69, 9.17) is 5.11 Å². The first-order valence-electron chi connectivity index (χ1n) is 6.98. The fourth-order valence-corrected chi connectivity index (χ4v) is 2.73. The van der Waals surface area contributed by atoms with E-state index in [1.807, 2.05) is 0 Å². The number of hydrogen-bond acceptors (Lipinski definition) is 4. The van der Waals surface area contributed by atoms with Crippen LogP contribution in [0.25, 0.3) is 10.9 Å². The Balaban J connectivity index is 2.27. The van der Waals surface area contributed by atoms with Crippen molar-refractivity contribution in [3.63, 3.8) is 0 Å². The molecule has 6 nitrogen and oxygen atoms in total. The highest BCUT2D eigenvalue weighted by Crippen LogP contribution is 2.30. The number of aromatic hydroxyl groups is 1. The van der Waals surface area contributed by atoms with Crippen LogP contribution in [-0.2, 0) is 11.2 Å². The van der Waals surface area contributed by atoms with Crippen LogP contribution in [0.4, 0.5) is 0 Å². The SMILES string of the molecule is Cc1c(CC(=O)O)c2cc(O)ccc2n1C(=O)c1cccnc1. The Morgan fingerprint density at radius 1 is 1.26 bits per heavy atom. The summed E-state index contributed by atoms with van der Waals surface area (Å²) in [5.74, 6) is -1.26. The van der Waals surface area contributed by atoms with Crippen LogP contribution in [0.15, 0.2) is 42.7 Å². The van der Waals surface area contributed by atoms with Gasteiger partial charge in [-0.25, -0.2) is 0 Å². The zero-order valence-corrected chi connectivity index (χ0v) is 12.4. The number of fused-ring (bicyclic) bond motifs is 1. The normalized spacial score (nSPS) is 10.8. The molecule has 0 amide bonds. The highest BCUT2D eigenvalue weighted by Gasteiger charge is 2.21. The Hall–Kier alpha value is -3.15. The molecule has 0 aliphatic heterocycles. The van der Waals surface area contributed by atoms with Crippen LogP contribution in [-0.4, -0.2) is 31.6 Å². The molecule has 2 heterocycles. The maximum atomic E-state index is 12.8. The summed E-state index contributed by atoms with van der Waals surface area (Å²) in [6.07, 6.45) is 2.81. The Morgan fingerprint density at radius 3 is 2.70 bits per heavy atom. The lowest BCUT2D eigenvalue weighted by atomic mass is 10.1. The van der Waals surface area contributed by atoms with Crippen molar-refractivity contribution >= 4 is 22.8 Å². The zero-order chi connectivity index (χ0) is 16.6. The van der Waals surface area contributed by atoms with Gasteiger partial charge in [-0.2, -0.15) is 0 Å². The van der Waals surface area contributed by atoms with E-state index < -0.39 is 5.97 Å². The summed E-state index contributed by atoms with van der Waals surface area (Å²) in [6, 6.07) is 7.88. The molecule has 2 aromatic heterocycles. The summed E-state index contributed by atoms with van der Waals surface area (Å²) >= 11 is 0. The van der Waals surface area contributed by atoms with Gasteiger partial charge in [-0.1, -0.05) is 0 Å². The van der Waals surface area contributed by atoms with Gasteiger partial charge in [0.1, 0.15) is 5.75 Å². The third-order valence-corrected chi connectivity index (χ3v) is 3.76. The Labute approximate surface area is 131 Å². The first kappa shape index (κ1) is 14.8. The number of phenolic OH excluding ortho intramolecular Hbond substituents is 1. The van der Waals surface area contributed by atoms with Crippen LogP contribution in [0.2, 0.25) is 0 Å². The number of aliphatic carboxylic acids is 1. The van der Waals surface area contributed by atoms with Crippen molar-refractivity contribution < 1.29 is 19.8 Å². The Kier molecular flexibility index (Phi) is 3.57. The lowest BCUT2D eigenvalue weighted by Gasteiger charge is -2.07. The van der Waals surface area contributed by atoms with Crippen molar-refractivity contribution in [3.05, 3.63) is 59.5 Å². The van der Waals surface area contributed by atoms with Crippen molar-refractivity contribution in [3.8, 4) is 5.75 Å². The molecule has 0 spiro atoms. The lowest BCUT2D eigenvalue weighted by molar-refractivity contribution is -0.136. The topological polar surface area (TPSA) is 92.4 Å². The molecule has 23 heavy (non-hydrogen) atoms. The summed E-state index contributed by atoms with van der Waals surface area (Å²) in [5.41, 5.74) is 2.02. The number of rotatable bonds is 3. The second kappa shape index (κ2) is 5.57. The highest BCUT2D eigenvalue weighted by molar-refractivity contribution is 6.04. The number of carboxylic acids is 1. The minimum absolute atomic E-state index is 0.0233. The standard InChI is InChI=1S/C17H14N2O4/c1-10-13(8-16(21)22)14-7-12(20)4-5-15(14)19(10)17(23)11-3-2-6-18-9-11/h2-7,9,20H,8H2,1H3,(H,21,22). The molecule has 6 heteroatoms. The molecule has 0 saturated heterocycles. The highest BCUT2D eigenvalue weighted by atomic mass is 16.4. The number of benzene rings is 1. The fourth-order valence-electron chi connectivity index (χ4n) is 2.73. The summed E-state index contributed by atoms with van der Waals surface area (Å²) in [4.78, 5) is 27.9. The summed E-state index contributed by atoms with van der Waals surface area (Å²) in [6.45, 7) is 1.70. The van der Waals surface area contributed by atoms with Gasteiger partial charge in [0.25, 0.3) is 5.91 Å². The van der Waals surface area contributed by atoms with E-state index in [2.05, 4.69) is 4.98 Å². The van der Waals surface area contributed by atoms with Crippen LogP contribution in [0.3, 0.4) is 0 Å². The minimum atomic E-state index is -0.996. The van der Waals surface area contributed by atoms with E-state index in [0.29, 0.717) is 27.7 Å². The Bertz CT molecular complexity index is 913. The Morgan fingerprint density at radius 2 is 2.04 bits per heavy atom. The maximum absolute atomic E-state index is 12.8. The number of carboxylic acid groups (broad SMARTS) is 1. The van der Waals surface area contributed by atoms with Crippen molar-refractivity contribution in [2.45, 2.75) is 13.3 Å². The van der Waals surface area contributed by atoms with E-state index >= 15 is 0 Å². The molecule has 0 fully saturated rings. The number of hydrogen-bond donors (Lipinski definition) is 2. The van der Waals surface area contributed by atoms with Gasteiger partial charge in [-0.05, 0) is 42.8 Å². The number of pyridine rings is 1. The van der Waals surface area contributed by atoms with Gasteiger partial charge in [-0.3, -0.25) is 19.1 Å². The molecule has 0 saturated carbocycles. The van der Waals surface area contributed by atoms with Gasteiger partial charge < -0.3 is 10.2 Å². The molecule has 0 aliphatic carbocycles. The van der Waals surface area contributed by atoms with Gasteiger partial charge in [0, 0.05) is 23.5 Å². The van der Waals surface area contributed by atoms with Crippen LogP contribution in [0, 0.1) is 6.92 Å². The van der Waals surface area contributed by atoms with E-state index in [1.165, 1.54) is 22.9 Å². The lowest BCUT2D eigenvalue weighted by Crippen LogP contribution is -2.14. The molecule has 0 unspecified atom stereocenters. The average molecular weight is 310 g/mol. The van der Waals surface area contributed by atoms with Gasteiger partial charge in [0.15, 0.2) is 0 Å². The summed E-state index contributed by atoms with van der Waals surface area (Å²) in [7, 11) is 0. The molecule has 0 atom stereocenters. The van der Waals surface area contributed by atoms with Crippen LogP contribution < -0.4 is 0 Å². The second-order valence-corrected chi connectivity index (χ2v) is 5.22. The van der Waals surface area contributed by atoms with Crippen molar-refractivity contribution in [2.24, 2.45) is 0 Å². The second-order valence-electron chi connectivity index (χ2n) is 5.22.